The molecule has 0 nitrogen and oxygen atoms in total. The van der Waals surface area contributed by atoms with Crippen LogP contribution >= 0.6 is 6.89 Å². The summed E-state index contributed by atoms with van der Waals surface area (Å²) in [7, 11) is 0. The van der Waals surface area contributed by atoms with Crippen molar-refractivity contribution in [3.63, 3.8) is 0 Å². The topological polar surface area (TPSA) is 0 Å². The van der Waals surface area contributed by atoms with Gasteiger partial charge in [0.15, 0.2) is 0 Å². The largest absolute Gasteiger partial charge is 0.104 e. The zero-order valence-electron chi connectivity index (χ0n) is 32.2. The van der Waals surface area contributed by atoms with Crippen LogP contribution in [0.25, 0.3) is 0 Å². The molecule has 4 aliphatic carbocycles. The van der Waals surface area contributed by atoms with Crippen LogP contribution in [0.3, 0.4) is 0 Å². The molecule has 0 N–H and O–H groups in total. The van der Waals surface area contributed by atoms with Gasteiger partial charge in [-0.15, -0.1) is 6.89 Å². The van der Waals surface area contributed by atoms with E-state index in [1.165, 1.54) is 101 Å². The van der Waals surface area contributed by atoms with Crippen molar-refractivity contribution in [2.24, 2.45) is 69.5 Å². The molecule has 5 aliphatic rings. The minimum absolute atomic E-state index is 0.537. The third-order valence-corrected chi connectivity index (χ3v) is 20.6. The standard InChI is InChI=1S/C44H77P/c1-14-31(7)35(15-2)37(30(5)6)27-45(13)28-41(45)34-20-25-44(12)40-22-24-43(11)38(33(9)17-16-32(8)29(3)4)18-19-39(43)36(40)21-23-42(44,10)26-34/h29,31-34,36,38-41H,5,13-28H2,1-4,6-12H3/b37-35-/t31?,32?,33-,34?,36?,38?,39?,40?,41?,42?,43?,44?,45?/m1/s1. The molecule has 5 fully saturated rings. The molecular formula is C44H77P. The predicted octanol–water partition coefficient (Wildman–Crippen LogP) is 13.5. The SMILES string of the molecule is C=C(C)/C(CP1(=C)CC1C1CCC2(C)C3CCC4(C)C(CCC4[C@H](C)CCC(C)C(C)C)C3CCC2(C)C1)=C(/CC)C(C)CC. The first-order valence-corrected chi connectivity index (χ1v) is 22.6. The van der Waals surface area contributed by atoms with Crippen LogP contribution in [0.1, 0.15) is 160 Å². The molecule has 0 spiro atoms. The Hall–Kier alpha value is -0.220. The highest BCUT2D eigenvalue weighted by molar-refractivity contribution is 7.81. The maximum atomic E-state index is 5.10. The fraction of sp³-hybridized carbons (Fsp3) is 0.886. The van der Waals surface area contributed by atoms with Gasteiger partial charge in [-0.25, -0.2) is 0 Å². The molecule has 0 radical (unpaired) electrons. The monoisotopic (exact) mass is 637 g/mol. The zero-order chi connectivity index (χ0) is 33.1. The van der Waals surface area contributed by atoms with Crippen molar-refractivity contribution in [2.45, 2.75) is 165 Å². The van der Waals surface area contributed by atoms with Gasteiger partial charge in [0.2, 0.25) is 0 Å². The van der Waals surface area contributed by atoms with Crippen molar-refractivity contribution in [3.05, 3.63) is 23.3 Å². The third kappa shape index (κ3) is 6.34. The second kappa shape index (κ2) is 13.2. The molecule has 0 bridgehead atoms. The first kappa shape index (κ1) is 36.1. The van der Waals surface area contributed by atoms with Crippen LogP contribution in [-0.2, 0) is 0 Å². The summed E-state index contributed by atoms with van der Waals surface area (Å²) in [6, 6.07) is 0. The first-order chi connectivity index (χ1) is 21.0. The Bertz CT molecular complexity index is 1160. The Balaban J connectivity index is 1.26. The molecule has 1 heteroatoms. The van der Waals surface area contributed by atoms with Gasteiger partial charge >= 0.3 is 0 Å². The van der Waals surface area contributed by atoms with Crippen molar-refractivity contribution in [1.82, 2.24) is 0 Å². The van der Waals surface area contributed by atoms with Crippen LogP contribution in [0, 0.1) is 69.5 Å². The Morgan fingerprint density at radius 2 is 1.58 bits per heavy atom. The van der Waals surface area contributed by atoms with Gasteiger partial charge in [-0.2, -0.15) is 0 Å². The molecular weight excluding hydrogens is 559 g/mol. The highest BCUT2D eigenvalue weighted by Crippen LogP contribution is 2.76. The number of hydrogen-bond acceptors (Lipinski definition) is 0. The smallest absolute Gasteiger partial charge is 0.00745 e. The molecule has 0 aromatic heterocycles. The summed E-state index contributed by atoms with van der Waals surface area (Å²) in [6.07, 6.45) is 26.8. The molecule has 45 heavy (non-hydrogen) atoms. The van der Waals surface area contributed by atoms with Gasteiger partial charge in [0.05, 0.1) is 0 Å². The average molecular weight is 637 g/mol. The maximum Gasteiger partial charge on any atom is -0.00745 e. The van der Waals surface area contributed by atoms with Crippen molar-refractivity contribution >= 4 is 13.2 Å². The summed E-state index contributed by atoms with van der Waals surface area (Å²) in [5.41, 5.74) is 7.29. The van der Waals surface area contributed by atoms with E-state index in [1.54, 1.807) is 11.1 Å². The summed E-state index contributed by atoms with van der Waals surface area (Å²) in [4.78, 5) is 0. The Morgan fingerprint density at radius 3 is 2.20 bits per heavy atom. The molecule has 0 aromatic rings. The lowest BCUT2D eigenvalue weighted by Crippen LogP contribution is -2.58. The predicted molar refractivity (Wildman–Crippen MR) is 205 cm³/mol. The van der Waals surface area contributed by atoms with E-state index >= 15 is 0 Å². The van der Waals surface area contributed by atoms with E-state index in [-0.39, 0.29) is 0 Å². The number of fused-ring (bicyclic) bond motifs is 5. The average Bonchev–Trinajstić information content (AvgIpc) is 3.52. The second-order valence-corrected chi connectivity index (χ2v) is 23.3. The minimum Gasteiger partial charge on any atom is -0.104 e. The summed E-state index contributed by atoms with van der Waals surface area (Å²) in [5, 5.41) is 0. The van der Waals surface area contributed by atoms with Crippen LogP contribution in [0.2, 0.25) is 0 Å². The fourth-order valence-corrected chi connectivity index (χ4v) is 17.3. The molecule has 0 amide bonds. The maximum absolute atomic E-state index is 5.10. The van der Waals surface area contributed by atoms with Crippen molar-refractivity contribution in [1.29, 1.82) is 0 Å². The van der Waals surface area contributed by atoms with Gasteiger partial charge < -0.3 is 0 Å². The van der Waals surface area contributed by atoms with Gasteiger partial charge in [-0.05, 0) is 171 Å². The molecule has 258 valence electrons. The first-order valence-electron chi connectivity index (χ1n) is 20.1. The van der Waals surface area contributed by atoms with Gasteiger partial charge in [0.1, 0.15) is 0 Å². The zero-order valence-corrected chi connectivity index (χ0v) is 33.1. The molecule has 4 saturated carbocycles. The Labute approximate surface area is 282 Å². The van der Waals surface area contributed by atoms with Gasteiger partial charge in [0, 0.05) is 0 Å². The summed E-state index contributed by atoms with van der Waals surface area (Å²) in [6.45, 7) is 31.2. The lowest BCUT2D eigenvalue weighted by Gasteiger charge is -2.66. The van der Waals surface area contributed by atoms with Crippen LogP contribution in [0.15, 0.2) is 23.3 Å². The third-order valence-electron chi connectivity index (χ3n) is 17.0. The molecule has 13 atom stereocenters. The van der Waals surface area contributed by atoms with Crippen molar-refractivity contribution in [3.8, 4) is 0 Å². The van der Waals surface area contributed by atoms with E-state index in [4.69, 9.17) is 6.30 Å². The van der Waals surface area contributed by atoms with E-state index < -0.39 is 6.89 Å². The highest BCUT2D eigenvalue weighted by Gasteiger charge is 2.64. The molecule has 1 aliphatic heterocycles. The van der Waals surface area contributed by atoms with E-state index in [0.717, 1.165) is 53.0 Å². The molecule has 0 aromatic carbocycles. The van der Waals surface area contributed by atoms with E-state index in [2.05, 4.69) is 82.7 Å². The van der Waals surface area contributed by atoms with Crippen LogP contribution in [-0.4, -0.2) is 24.3 Å². The fourth-order valence-electron chi connectivity index (χ4n) is 13.1. The minimum atomic E-state index is -1.13. The summed E-state index contributed by atoms with van der Waals surface area (Å²) < 4.78 is 0. The Morgan fingerprint density at radius 1 is 0.867 bits per heavy atom. The lowest BCUT2D eigenvalue weighted by molar-refractivity contribution is -0.162. The number of allylic oxidation sites excluding steroid dienone is 3. The quantitative estimate of drug-likeness (QED) is 0.148. The van der Waals surface area contributed by atoms with Crippen LogP contribution < -0.4 is 0 Å². The molecule has 1 saturated heterocycles. The van der Waals surface area contributed by atoms with Crippen LogP contribution in [0.4, 0.5) is 0 Å². The second-order valence-electron chi connectivity index (χ2n) is 19.5. The summed E-state index contributed by atoms with van der Waals surface area (Å²) in [5.74, 6) is 8.16. The summed E-state index contributed by atoms with van der Waals surface area (Å²) >= 11 is 0. The molecule has 12 unspecified atom stereocenters. The van der Waals surface area contributed by atoms with Gasteiger partial charge in [-0.1, -0.05) is 106 Å². The molecule has 5 rings (SSSR count). The van der Waals surface area contributed by atoms with Gasteiger partial charge in [0.25, 0.3) is 0 Å². The Kier molecular flexibility index (Phi) is 10.6. The van der Waals surface area contributed by atoms with Crippen molar-refractivity contribution in [2.75, 3.05) is 12.3 Å². The number of rotatable bonds is 12. The van der Waals surface area contributed by atoms with Crippen LogP contribution in [0.5, 0.6) is 0 Å². The van der Waals surface area contributed by atoms with E-state index in [0.29, 0.717) is 22.2 Å². The van der Waals surface area contributed by atoms with E-state index in [9.17, 15) is 0 Å². The highest BCUT2D eigenvalue weighted by atomic mass is 31.2. The normalized spacial score (nSPS) is 45.2. The number of hydrogen-bond donors (Lipinski definition) is 0. The lowest BCUT2D eigenvalue weighted by atomic mass is 9.39. The van der Waals surface area contributed by atoms with Crippen molar-refractivity contribution < 1.29 is 0 Å². The molecule has 1 heterocycles. The van der Waals surface area contributed by atoms with Gasteiger partial charge in [-0.3, -0.25) is 0 Å². The van der Waals surface area contributed by atoms with E-state index in [1.807, 2.05) is 0 Å².